The summed E-state index contributed by atoms with van der Waals surface area (Å²) >= 11 is 0. The number of anilines is 1. The summed E-state index contributed by atoms with van der Waals surface area (Å²) in [5.41, 5.74) is 6.52. The Morgan fingerprint density at radius 3 is 2.71 bits per heavy atom. The molecule has 0 unspecified atom stereocenters. The monoisotopic (exact) mass is 434 g/mol. The molecule has 170 valence electrons. The quantitative estimate of drug-likeness (QED) is 0.186. The molecule has 0 aliphatic carbocycles. The van der Waals surface area contributed by atoms with Crippen molar-refractivity contribution in [3.8, 4) is 0 Å². The summed E-state index contributed by atoms with van der Waals surface area (Å²) in [6, 6.07) is 4.86. The van der Waals surface area contributed by atoms with E-state index in [-0.39, 0.29) is 13.0 Å². The number of hydrogen-bond acceptors (Lipinski definition) is 6. The maximum Gasteiger partial charge on any atom is 0.269 e. The third-order valence-corrected chi connectivity index (χ3v) is 5.25. The molecule has 10 nitrogen and oxygen atoms in total. The van der Waals surface area contributed by atoms with Gasteiger partial charge in [-0.15, -0.1) is 0 Å². The molecule has 0 bridgehead atoms. The summed E-state index contributed by atoms with van der Waals surface area (Å²) in [6.07, 6.45) is 4.73. The highest BCUT2D eigenvalue weighted by molar-refractivity contribution is 5.98. The number of fused-ring (bicyclic) bond motifs is 1. The third-order valence-electron chi connectivity index (χ3n) is 5.25. The van der Waals surface area contributed by atoms with Crippen LogP contribution in [-0.2, 0) is 20.8 Å². The van der Waals surface area contributed by atoms with Crippen molar-refractivity contribution in [2.75, 3.05) is 24.6 Å². The van der Waals surface area contributed by atoms with Gasteiger partial charge >= 0.3 is 0 Å². The number of nitrogens with one attached hydrogen (secondary N) is 2. The van der Waals surface area contributed by atoms with E-state index >= 15 is 0 Å². The predicted octanol–water partition coefficient (Wildman–Crippen LogP) is 0.763. The summed E-state index contributed by atoms with van der Waals surface area (Å²) < 4.78 is 0. The van der Waals surface area contributed by atoms with Crippen molar-refractivity contribution < 1.29 is 29.5 Å². The molecule has 0 aromatic heterocycles. The Bertz CT molecular complexity index is 800. The first-order valence-electron chi connectivity index (χ1n) is 10.5. The Labute approximate surface area is 181 Å². The van der Waals surface area contributed by atoms with Gasteiger partial charge in [0.2, 0.25) is 12.3 Å². The highest BCUT2D eigenvalue weighted by Gasteiger charge is 2.24. The third kappa shape index (κ3) is 6.76. The van der Waals surface area contributed by atoms with E-state index in [4.69, 9.17) is 5.11 Å². The molecule has 1 aromatic rings. The number of nitrogens with zero attached hydrogens (tertiary/aromatic N) is 2. The molecule has 10 heteroatoms. The number of aliphatic hydroxyl groups excluding tert-OH is 1. The zero-order valence-corrected chi connectivity index (χ0v) is 17.7. The van der Waals surface area contributed by atoms with Crippen LogP contribution in [0.5, 0.6) is 0 Å². The van der Waals surface area contributed by atoms with Crippen LogP contribution in [0.2, 0.25) is 0 Å². The van der Waals surface area contributed by atoms with Crippen LogP contribution in [0.15, 0.2) is 18.2 Å². The minimum atomic E-state index is -0.663. The summed E-state index contributed by atoms with van der Waals surface area (Å²) in [7, 11) is 0. The van der Waals surface area contributed by atoms with Gasteiger partial charge < -0.3 is 10.0 Å². The summed E-state index contributed by atoms with van der Waals surface area (Å²) in [5, 5.41) is 19.0. The van der Waals surface area contributed by atoms with Crippen molar-refractivity contribution in [2.24, 2.45) is 5.92 Å². The number of hydroxylamine groups is 2. The van der Waals surface area contributed by atoms with E-state index in [0.717, 1.165) is 24.8 Å². The Kier molecular flexibility index (Phi) is 9.41. The van der Waals surface area contributed by atoms with E-state index < -0.39 is 30.2 Å². The number of unbranched alkanes of at least 4 members (excludes halogenated alkanes) is 2. The molecule has 31 heavy (non-hydrogen) atoms. The molecular weight excluding hydrogens is 404 g/mol. The van der Waals surface area contributed by atoms with Gasteiger partial charge in [-0.25, -0.2) is 5.06 Å². The largest absolute Gasteiger partial charge is 0.387 e. The highest BCUT2D eigenvalue weighted by atomic mass is 16.5. The molecule has 1 aliphatic rings. The van der Waals surface area contributed by atoms with Crippen molar-refractivity contribution in [1.82, 2.24) is 15.9 Å². The lowest BCUT2D eigenvalue weighted by atomic mass is 9.99. The van der Waals surface area contributed by atoms with E-state index in [9.17, 15) is 24.4 Å². The fourth-order valence-corrected chi connectivity index (χ4v) is 3.59. The van der Waals surface area contributed by atoms with Crippen LogP contribution in [0.3, 0.4) is 0 Å². The van der Waals surface area contributed by atoms with Crippen molar-refractivity contribution in [1.29, 1.82) is 0 Å². The van der Waals surface area contributed by atoms with Gasteiger partial charge in [0.15, 0.2) is 0 Å². The SMILES string of the molecule is CCCCC[C@@H](CN(O)C=O)C(=O)NNC(=O)c1ccc2c(c1)CCCN2C(=O)CO. The lowest BCUT2D eigenvalue weighted by Crippen LogP contribution is -2.47. The van der Waals surface area contributed by atoms with E-state index in [0.29, 0.717) is 42.1 Å². The van der Waals surface area contributed by atoms with Gasteiger partial charge in [-0.2, -0.15) is 0 Å². The molecule has 0 fully saturated rings. The van der Waals surface area contributed by atoms with Crippen LogP contribution in [0.1, 0.15) is 54.9 Å². The van der Waals surface area contributed by atoms with E-state index in [1.54, 1.807) is 18.2 Å². The average molecular weight is 434 g/mol. The van der Waals surface area contributed by atoms with Gasteiger partial charge in [-0.3, -0.25) is 35.2 Å². The standard InChI is InChI=1S/C21H30N4O6/c1-2-3-4-6-17(12-24(31)14-27)21(30)23-22-20(29)16-8-9-18-15(11-16)7-5-10-25(18)19(28)13-26/h8-9,11,14,17,26,31H,2-7,10,12-13H2,1H3,(H,22,29)(H,23,30)/t17-/m0/s1. The van der Waals surface area contributed by atoms with Crippen molar-refractivity contribution in [3.63, 3.8) is 0 Å². The molecule has 1 aliphatic heterocycles. The highest BCUT2D eigenvalue weighted by Crippen LogP contribution is 2.28. The minimum Gasteiger partial charge on any atom is -0.387 e. The second-order valence-corrected chi connectivity index (χ2v) is 7.51. The Balaban J connectivity index is 2.01. The van der Waals surface area contributed by atoms with Crippen LogP contribution >= 0.6 is 0 Å². The maximum atomic E-state index is 12.5. The molecule has 0 radical (unpaired) electrons. The lowest BCUT2D eigenvalue weighted by Gasteiger charge is -2.29. The fraction of sp³-hybridized carbons (Fsp3) is 0.524. The molecule has 0 saturated carbocycles. The first-order valence-corrected chi connectivity index (χ1v) is 10.5. The van der Waals surface area contributed by atoms with Gasteiger partial charge in [0.25, 0.3) is 11.8 Å². The molecule has 0 saturated heterocycles. The first kappa shape index (κ1) is 24.3. The molecule has 4 amide bonds. The second-order valence-electron chi connectivity index (χ2n) is 7.51. The van der Waals surface area contributed by atoms with Gasteiger partial charge in [0, 0.05) is 17.8 Å². The Hall–Kier alpha value is -2.98. The van der Waals surface area contributed by atoms with Gasteiger partial charge in [0.1, 0.15) is 6.61 Å². The second kappa shape index (κ2) is 12.0. The molecular formula is C21H30N4O6. The van der Waals surface area contributed by atoms with Crippen LogP contribution in [0.25, 0.3) is 0 Å². The summed E-state index contributed by atoms with van der Waals surface area (Å²) in [5.74, 6) is -2.08. The number of benzene rings is 1. The number of aryl methyl sites for hydroxylation is 1. The number of rotatable bonds is 10. The predicted molar refractivity (Wildman–Crippen MR) is 112 cm³/mol. The first-order chi connectivity index (χ1) is 14.9. The van der Waals surface area contributed by atoms with Crippen molar-refractivity contribution >= 4 is 29.8 Å². The van der Waals surface area contributed by atoms with Crippen LogP contribution in [0.4, 0.5) is 5.69 Å². The normalized spacial score (nSPS) is 13.7. The Morgan fingerprint density at radius 1 is 1.26 bits per heavy atom. The van der Waals surface area contributed by atoms with Crippen molar-refractivity contribution in [3.05, 3.63) is 29.3 Å². The van der Waals surface area contributed by atoms with E-state index in [1.165, 1.54) is 4.90 Å². The number of carbonyl (C=O) groups excluding carboxylic acids is 4. The van der Waals surface area contributed by atoms with E-state index in [2.05, 4.69) is 10.9 Å². The zero-order valence-electron chi connectivity index (χ0n) is 17.7. The average Bonchev–Trinajstić information content (AvgIpc) is 2.80. The summed E-state index contributed by atoms with van der Waals surface area (Å²) in [6.45, 7) is 1.79. The molecule has 1 heterocycles. The van der Waals surface area contributed by atoms with Crippen LogP contribution < -0.4 is 15.8 Å². The molecule has 0 spiro atoms. The zero-order chi connectivity index (χ0) is 22.8. The Morgan fingerprint density at radius 2 is 2.03 bits per heavy atom. The molecule has 1 aromatic carbocycles. The van der Waals surface area contributed by atoms with Crippen molar-refractivity contribution in [2.45, 2.75) is 45.4 Å². The molecule has 1 atom stereocenters. The van der Waals surface area contributed by atoms with Gasteiger partial charge in [0.05, 0.1) is 12.5 Å². The number of hydrazine groups is 1. The topological polar surface area (TPSA) is 139 Å². The maximum absolute atomic E-state index is 12.5. The van der Waals surface area contributed by atoms with Gasteiger partial charge in [-0.05, 0) is 43.0 Å². The van der Waals surface area contributed by atoms with E-state index in [1.807, 2.05) is 6.92 Å². The molecule has 4 N–H and O–H groups in total. The minimum absolute atomic E-state index is 0.164. The number of carbonyl (C=O) groups is 4. The van der Waals surface area contributed by atoms with Crippen LogP contribution in [-0.4, -0.2) is 59.2 Å². The van der Waals surface area contributed by atoms with Gasteiger partial charge in [-0.1, -0.05) is 26.2 Å². The number of hydrogen-bond donors (Lipinski definition) is 4. The lowest BCUT2D eigenvalue weighted by molar-refractivity contribution is -0.154. The fourth-order valence-electron chi connectivity index (χ4n) is 3.59. The summed E-state index contributed by atoms with van der Waals surface area (Å²) in [4.78, 5) is 49.0. The van der Waals surface area contributed by atoms with Crippen LogP contribution in [0, 0.1) is 5.92 Å². The molecule has 2 rings (SSSR count). The number of amides is 4. The smallest absolute Gasteiger partial charge is 0.269 e. The number of aliphatic hydroxyl groups is 1.